The highest BCUT2D eigenvalue weighted by Crippen LogP contribution is 2.53. The number of hydrogen-bond acceptors (Lipinski definition) is 9. The second-order valence-electron chi connectivity index (χ2n) is 10.3. The maximum absolute atomic E-state index is 13.8. The van der Waals surface area contributed by atoms with Crippen molar-refractivity contribution >= 4 is 58.2 Å². The molecule has 1 aromatic heterocycles. The molecule has 0 saturated carbocycles. The van der Waals surface area contributed by atoms with Crippen molar-refractivity contribution in [1.82, 2.24) is 4.98 Å². The third kappa shape index (κ3) is 5.65. The number of nitrogens with one attached hydrogen (secondary N) is 2. The largest absolute Gasteiger partial charge is 0.484 e. The van der Waals surface area contributed by atoms with Gasteiger partial charge in [0.15, 0.2) is 6.61 Å². The van der Waals surface area contributed by atoms with Crippen molar-refractivity contribution in [3.8, 4) is 5.75 Å². The van der Waals surface area contributed by atoms with Gasteiger partial charge in [0.2, 0.25) is 11.8 Å². The van der Waals surface area contributed by atoms with Gasteiger partial charge in [0.05, 0.1) is 28.8 Å². The number of amides is 3. The summed E-state index contributed by atoms with van der Waals surface area (Å²) in [7, 11) is 0. The highest BCUT2D eigenvalue weighted by Gasteiger charge is 2.56. The normalized spacial score (nSPS) is 18.9. The summed E-state index contributed by atoms with van der Waals surface area (Å²) in [5.74, 6) is -2.21. The SMILES string of the molecule is CCOC(=O)c1ccc(NC(=O)COc2ccc([C@@H]3c4sc(=O)[nH]c4S[C@H]4C(=O)N(c5ccc(C)cc5)C(=O)[C@@H]34)cc2)cc1. The first-order valence-electron chi connectivity index (χ1n) is 13.9. The molecule has 12 heteroatoms. The van der Waals surface area contributed by atoms with Crippen LogP contribution in [0.15, 0.2) is 82.6 Å². The number of anilines is 2. The third-order valence-electron chi connectivity index (χ3n) is 7.41. The fourth-order valence-corrected chi connectivity index (χ4v) is 7.86. The molecule has 3 atom stereocenters. The van der Waals surface area contributed by atoms with Crippen molar-refractivity contribution in [2.75, 3.05) is 23.4 Å². The molecule has 2 N–H and O–H groups in total. The maximum atomic E-state index is 13.8. The van der Waals surface area contributed by atoms with Crippen LogP contribution in [0.2, 0.25) is 0 Å². The Morgan fingerprint density at radius 2 is 1.64 bits per heavy atom. The van der Waals surface area contributed by atoms with Crippen molar-refractivity contribution in [3.63, 3.8) is 0 Å². The smallest absolute Gasteiger partial charge is 0.338 e. The Morgan fingerprint density at radius 1 is 0.932 bits per heavy atom. The first-order chi connectivity index (χ1) is 21.2. The van der Waals surface area contributed by atoms with E-state index in [1.54, 1.807) is 67.6 Å². The summed E-state index contributed by atoms with van der Waals surface area (Å²) in [4.78, 5) is 68.6. The van der Waals surface area contributed by atoms with Gasteiger partial charge in [-0.3, -0.25) is 19.2 Å². The van der Waals surface area contributed by atoms with Crippen LogP contribution in [0, 0.1) is 12.8 Å². The first-order valence-corrected chi connectivity index (χ1v) is 15.6. The van der Waals surface area contributed by atoms with E-state index in [-0.39, 0.29) is 29.9 Å². The number of nitrogens with zero attached hydrogens (tertiary/aromatic N) is 1. The average molecular weight is 630 g/mol. The standard InChI is InChI=1S/C32H27N3O7S2/c1-3-41-31(39)19-6-10-20(11-7-19)33-23(36)16-42-22-14-8-18(9-15-22)24-25-27(43-28-26(24)44-32(40)34-28)30(38)35(29(25)37)21-12-4-17(2)5-13-21/h4-15,24-25,27H,3,16H2,1-2H3,(H,33,36)(H,34,40)/t24-,25-,27+/m0/s1. The number of benzene rings is 3. The predicted octanol–water partition coefficient (Wildman–Crippen LogP) is 4.73. The number of ether oxygens (including phenoxy) is 2. The zero-order valence-electron chi connectivity index (χ0n) is 23.7. The Balaban J connectivity index is 1.17. The molecule has 10 nitrogen and oxygen atoms in total. The molecule has 0 aliphatic carbocycles. The van der Waals surface area contributed by atoms with Crippen LogP contribution < -0.4 is 19.8 Å². The van der Waals surface area contributed by atoms with E-state index in [2.05, 4.69) is 10.3 Å². The number of esters is 1. The molecule has 1 fully saturated rings. The molecule has 4 aromatic rings. The van der Waals surface area contributed by atoms with Gasteiger partial charge in [-0.2, -0.15) is 0 Å². The lowest BCUT2D eigenvalue weighted by Gasteiger charge is -2.29. The van der Waals surface area contributed by atoms with Crippen molar-refractivity contribution < 1.29 is 28.7 Å². The van der Waals surface area contributed by atoms with Gasteiger partial charge in [0.1, 0.15) is 11.0 Å². The third-order valence-corrected chi connectivity index (χ3v) is 9.81. The minimum atomic E-state index is -0.694. The van der Waals surface area contributed by atoms with Gasteiger partial charge in [-0.1, -0.05) is 52.9 Å². The van der Waals surface area contributed by atoms with E-state index < -0.39 is 29.0 Å². The van der Waals surface area contributed by atoms with Gasteiger partial charge >= 0.3 is 10.8 Å². The monoisotopic (exact) mass is 629 g/mol. The van der Waals surface area contributed by atoms with Crippen molar-refractivity contribution in [3.05, 3.63) is 104 Å². The van der Waals surface area contributed by atoms with Crippen molar-refractivity contribution in [1.29, 1.82) is 0 Å². The van der Waals surface area contributed by atoms with Gasteiger partial charge in [-0.25, -0.2) is 9.69 Å². The summed E-state index contributed by atoms with van der Waals surface area (Å²) in [6.45, 7) is 3.68. The molecule has 44 heavy (non-hydrogen) atoms. The lowest BCUT2D eigenvalue weighted by atomic mass is 9.83. The Bertz CT molecular complexity index is 1800. The molecule has 3 amide bonds. The van der Waals surface area contributed by atoms with Gasteiger partial charge in [0, 0.05) is 16.5 Å². The number of rotatable bonds is 8. The summed E-state index contributed by atoms with van der Waals surface area (Å²) in [5, 5.41) is 2.64. The number of aromatic amines is 1. The van der Waals surface area contributed by atoms with E-state index >= 15 is 0 Å². The fourth-order valence-electron chi connectivity index (χ4n) is 5.35. The van der Waals surface area contributed by atoms with Gasteiger partial charge in [0.25, 0.3) is 5.91 Å². The molecule has 0 unspecified atom stereocenters. The van der Waals surface area contributed by atoms with E-state index in [1.807, 2.05) is 19.1 Å². The number of carbonyl (C=O) groups is 4. The maximum Gasteiger partial charge on any atom is 0.338 e. The van der Waals surface area contributed by atoms with Crippen LogP contribution >= 0.6 is 23.1 Å². The molecular weight excluding hydrogens is 603 g/mol. The highest BCUT2D eigenvalue weighted by molar-refractivity contribution is 8.00. The van der Waals surface area contributed by atoms with E-state index in [0.717, 1.165) is 27.3 Å². The molecule has 3 aromatic carbocycles. The van der Waals surface area contributed by atoms with Crippen LogP contribution in [-0.4, -0.2) is 47.1 Å². The molecule has 2 aliphatic heterocycles. The number of aromatic nitrogens is 1. The lowest BCUT2D eigenvalue weighted by Crippen LogP contribution is -2.32. The van der Waals surface area contributed by atoms with Crippen LogP contribution in [0.4, 0.5) is 11.4 Å². The fraction of sp³-hybridized carbons (Fsp3) is 0.219. The van der Waals surface area contributed by atoms with E-state index in [0.29, 0.717) is 27.7 Å². The topological polar surface area (TPSA) is 135 Å². The minimum absolute atomic E-state index is 0.246. The Labute approximate surface area is 260 Å². The van der Waals surface area contributed by atoms with Crippen LogP contribution in [0.1, 0.15) is 39.2 Å². The molecule has 2 aliphatic rings. The molecule has 0 radical (unpaired) electrons. The number of thiazole rings is 1. The zero-order valence-corrected chi connectivity index (χ0v) is 25.3. The molecule has 224 valence electrons. The van der Waals surface area contributed by atoms with E-state index in [4.69, 9.17) is 9.47 Å². The zero-order chi connectivity index (χ0) is 31.0. The summed E-state index contributed by atoms with van der Waals surface area (Å²) in [6.07, 6.45) is 0. The Morgan fingerprint density at radius 3 is 2.32 bits per heavy atom. The van der Waals surface area contributed by atoms with Crippen LogP contribution in [-0.2, 0) is 19.1 Å². The number of H-pyrrole nitrogens is 1. The second-order valence-corrected chi connectivity index (χ2v) is 12.5. The van der Waals surface area contributed by atoms with Crippen LogP contribution in [0.3, 0.4) is 0 Å². The van der Waals surface area contributed by atoms with Crippen molar-refractivity contribution in [2.45, 2.75) is 30.0 Å². The lowest BCUT2D eigenvalue weighted by molar-refractivity contribution is -0.122. The Kier molecular flexibility index (Phi) is 8.11. The molecule has 6 rings (SSSR count). The van der Waals surface area contributed by atoms with Crippen molar-refractivity contribution in [2.24, 2.45) is 5.92 Å². The summed E-state index contributed by atoms with van der Waals surface area (Å²) in [6, 6.07) is 20.6. The van der Waals surface area contributed by atoms with Crippen LogP contribution in [0.25, 0.3) is 0 Å². The van der Waals surface area contributed by atoms with E-state index in [1.165, 1.54) is 16.7 Å². The molecular formula is C32H27N3O7S2. The summed E-state index contributed by atoms with van der Waals surface area (Å²) < 4.78 is 10.6. The summed E-state index contributed by atoms with van der Waals surface area (Å²) in [5.41, 5.74) is 3.18. The van der Waals surface area contributed by atoms with Crippen LogP contribution in [0.5, 0.6) is 5.75 Å². The number of thioether (sulfide) groups is 1. The number of hydrogen-bond donors (Lipinski definition) is 2. The quantitative estimate of drug-likeness (QED) is 0.211. The summed E-state index contributed by atoms with van der Waals surface area (Å²) >= 11 is 2.27. The number of aryl methyl sites for hydroxylation is 1. The van der Waals surface area contributed by atoms with Gasteiger partial charge in [-0.15, -0.1) is 0 Å². The van der Waals surface area contributed by atoms with Gasteiger partial charge < -0.3 is 19.8 Å². The second kappa shape index (κ2) is 12.1. The number of carbonyl (C=O) groups excluding carboxylic acids is 4. The molecule has 1 saturated heterocycles. The molecule has 0 spiro atoms. The van der Waals surface area contributed by atoms with E-state index in [9.17, 15) is 24.0 Å². The predicted molar refractivity (Wildman–Crippen MR) is 167 cm³/mol. The first kappa shape index (κ1) is 29.4. The minimum Gasteiger partial charge on any atom is -0.484 e. The highest BCUT2D eigenvalue weighted by atomic mass is 32.2. The molecule has 3 heterocycles. The average Bonchev–Trinajstić information content (AvgIpc) is 3.51. The Hall–Kier alpha value is -4.68. The number of imide groups is 1. The molecule has 0 bridgehead atoms. The number of fused-ring (bicyclic) bond motifs is 2. The van der Waals surface area contributed by atoms with Gasteiger partial charge in [-0.05, 0) is 67.9 Å².